The molecule has 3 rings (SSSR count). The summed E-state index contributed by atoms with van der Waals surface area (Å²) in [6.07, 6.45) is 2.81. The zero-order valence-corrected chi connectivity index (χ0v) is 10.7. The molecule has 1 fully saturated rings. The van der Waals surface area contributed by atoms with Gasteiger partial charge in [-0.3, -0.25) is 9.69 Å². The van der Waals surface area contributed by atoms with Crippen LogP contribution in [0.5, 0.6) is 0 Å². The maximum absolute atomic E-state index is 12.2. The van der Waals surface area contributed by atoms with Gasteiger partial charge in [-0.1, -0.05) is 42.1 Å². The van der Waals surface area contributed by atoms with Crippen LogP contribution in [0.4, 0.5) is 0 Å². The molecule has 1 aromatic carbocycles. The number of rotatable bonds is 1. The second kappa shape index (κ2) is 3.60. The third kappa shape index (κ3) is 1.43. The topological polar surface area (TPSA) is 32.7 Å². The Balaban J connectivity index is 1.93. The number of carbonyl (C=O) groups excluding carboxylic acids is 1. The van der Waals surface area contributed by atoms with Crippen LogP contribution in [0.15, 0.2) is 35.3 Å². The van der Waals surface area contributed by atoms with Crippen LogP contribution in [0.3, 0.4) is 0 Å². The molecular formula is C13H14N2OS. The maximum Gasteiger partial charge on any atom is 0.256 e. The van der Waals surface area contributed by atoms with E-state index in [1.807, 2.05) is 31.5 Å². The van der Waals surface area contributed by atoms with E-state index in [0.717, 1.165) is 11.6 Å². The van der Waals surface area contributed by atoms with Crippen LogP contribution in [0.25, 0.3) is 0 Å². The van der Waals surface area contributed by atoms with Crippen molar-refractivity contribution in [1.82, 2.24) is 4.90 Å². The molecule has 3 nitrogen and oxygen atoms in total. The zero-order chi connectivity index (χ0) is 12.0. The highest BCUT2D eigenvalue weighted by Gasteiger charge is 2.65. The van der Waals surface area contributed by atoms with E-state index in [2.05, 4.69) is 17.1 Å². The molecular weight excluding hydrogens is 232 g/mol. The second-order valence-corrected chi connectivity index (χ2v) is 5.33. The SMILES string of the molecule is CSC1=NC2(C[C@@H]2c2ccccc2)C(=O)N1C. The standard InChI is InChI=1S/C13H14N2OS/c1-15-11(16)13(14-12(15)17-2)8-10(13)9-6-4-3-5-7-9/h3-7,10H,8H2,1-2H3/t10-,13?/m1/s1. The van der Waals surface area contributed by atoms with Crippen molar-refractivity contribution in [1.29, 1.82) is 0 Å². The first kappa shape index (κ1) is 10.8. The van der Waals surface area contributed by atoms with E-state index in [4.69, 9.17) is 0 Å². The minimum atomic E-state index is -0.478. The lowest BCUT2D eigenvalue weighted by molar-refractivity contribution is -0.127. The Kier molecular flexibility index (Phi) is 2.30. The van der Waals surface area contributed by atoms with Crippen molar-refractivity contribution in [2.24, 2.45) is 4.99 Å². The van der Waals surface area contributed by atoms with Gasteiger partial charge in [0.1, 0.15) is 5.54 Å². The van der Waals surface area contributed by atoms with Crippen LogP contribution in [-0.2, 0) is 4.79 Å². The molecule has 0 radical (unpaired) electrons. The summed E-state index contributed by atoms with van der Waals surface area (Å²) in [5, 5.41) is 0.841. The number of likely N-dealkylation sites (N-methyl/N-ethyl adjacent to an activating group) is 1. The van der Waals surface area contributed by atoms with Crippen molar-refractivity contribution in [3.8, 4) is 0 Å². The molecule has 17 heavy (non-hydrogen) atoms. The van der Waals surface area contributed by atoms with Gasteiger partial charge in [-0.2, -0.15) is 0 Å². The highest BCUT2D eigenvalue weighted by Crippen LogP contribution is 2.57. The third-order valence-electron chi connectivity index (χ3n) is 3.57. The molecule has 1 amide bonds. The van der Waals surface area contributed by atoms with Crippen LogP contribution in [0, 0.1) is 0 Å². The molecule has 1 aromatic rings. The van der Waals surface area contributed by atoms with Crippen LogP contribution in [-0.4, -0.2) is 34.8 Å². The van der Waals surface area contributed by atoms with E-state index in [1.165, 1.54) is 17.3 Å². The molecule has 0 N–H and O–H groups in total. The summed E-state index contributed by atoms with van der Waals surface area (Å²) in [5.74, 6) is 0.416. The maximum atomic E-state index is 12.2. The molecule has 1 heterocycles. The fraction of sp³-hybridized carbons (Fsp3) is 0.385. The fourth-order valence-electron chi connectivity index (χ4n) is 2.54. The van der Waals surface area contributed by atoms with E-state index in [0.29, 0.717) is 0 Å². The first-order valence-electron chi connectivity index (χ1n) is 5.66. The Morgan fingerprint density at radius 3 is 2.71 bits per heavy atom. The number of amides is 1. The summed E-state index contributed by atoms with van der Waals surface area (Å²) in [7, 11) is 1.81. The van der Waals surface area contributed by atoms with Gasteiger partial charge in [-0.25, -0.2) is 4.99 Å². The molecule has 2 aliphatic rings. The minimum Gasteiger partial charge on any atom is -0.293 e. The molecule has 1 unspecified atom stereocenters. The summed E-state index contributed by atoms with van der Waals surface area (Å²) in [4.78, 5) is 18.6. The summed E-state index contributed by atoms with van der Waals surface area (Å²) < 4.78 is 0. The number of nitrogens with zero attached hydrogens (tertiary/aromatic N) is 2. The molecule has 1 spiro atoms. The van der Waals surface area contributed by atoms with Gasteiger partial charge in [0.25, 0.3) is 5.91 Å². The second-order valence-electron chi connectivity index (χ2n) is 4.55. The van der Waals surface area contributed by atoms with Crippen molar-refractivity contribution in [2.45, 2.75) is 17.9 Å². The first-order chi connectivity index (χ1) is 8.19. The lowest BCUT2D eigenvalue weighted by Gasteiger charge is -2.10. The molecule has 1 aliphatic heterocycles. The van der Waals surface area contributed by atoms with Crippen LogP contribution >= 0.6 is 11.8 Å². The largest absolute Gasteiger partial charge is 0.293 e. The van der Waals surface area contributed by atoms with Crippen molar-refractivity contribution in [3.63, 3.8) is 0 Å². The summed E-state index contributed by atoms with van der Waals surface area (Å²) in [6.45, 7) is 0. The molecule has 0 saturated heterocycles. The quantitative estimate of drug-likeness (QED) is 0.760. The predicted octanol–water partition coefficient (Wildman–Crippen LogP) is 2.10. The van der Waals surface area contributed by atoms with Gasteiger partial charge in [0.15, 0.2) is 5.17 Å². The van der Waals surface area contributed by atoms with Gasteiger partial charge in [-0.15, -0.1) is 0 Å². The highest BCUT2D eigenvalue weighted by molar-refractivity contribution is 8.13. The van der Waals surface area contributed by atoms with Crippen molar-refractivity contribution < 1.29 is 4.79 Å². The molecule has 4 heteroatoms. The summed E-state index contributed by atoms with van der Waals surface area (Å²) in [6, 6.07) is 10.2. The number of thioether (sulfide) groups is 1. The summed E-state index contributed by atoms with van der Waals surface area (Å²) in [5.41, 5.74) is 0.745. The number of aliphatic imine (C=N–C) groups is 1. The lowest BCUT2D eigenvalue weighted by atomic mass is 10.1. The fourth-order valence-corrected chi connectivity index (χ4v) is 3.16. The number of carbonyl (C=O) groups is 1. The molecule has 0 aromatic heterocycles. The van der Waals surface area contributed by atoms with Crippen molar-refractivity contribution >= 4 is 22.8 Å². The van der Waals surface area contributed by atoms with Gasteiger partial charge in [0.2, 0.25) is 0 Å². The first-order valence-corrected chi connectivity index (χ1v) is 6.88. The van der Waals surface area contributed by atoms with Crippen molar-refractivity contribution in [2.75, 3.05) is 13.3 Å². The smallest absolute Gasteiger partial charge is 0.256 e. The minimum absolute atomic E-state index is 0.149. The molecule has 2 atom stereocenters. The van der Waals surface area contributed by atoms with Gasteiger partial charge in [-0.05, 0) is 18.2 Å². The molecule has 1 saturated carbocycles. The zero-order valence-electron chi connectivity index (χ0n) is 9.88. The Morgan fingerprint density at radius 2 is 2.12 bits per heavy atom. The Morgan fingerprint density at radius 1 is 1.41 bits per heavy atom. The van der Waals surface area contributed by atoms with E-state index in [-0.39, 0.29) is 11.8 Å². The number of amidine groups is 1. The number of benzene rings is 1. The van der Waals surface area contributed by atoms with Gasteiger partial charge >= 0.3 is 0 Å². The number of hydrogen-bond donors (Lipinski definition) is 0. The average molecular weight is 246 g/mol. The van der Waals surface area contributed by atoms with Gasteiger partial charge < -0.3 is 0 Å². The summed E-state index contributed by atoms with van der Waals surface area (Å²) >= 11 is 1.54. The Hall–Kier alpha value is -1.29. The highest BCUT2D eigenvalue weighted by atomic mass is 32.2. The van der Waals surface area contributed by atoms with E-state index < -0.39 is 5.54 Å². The monoisotopic (exact) mass is 246 g/mol. The number of hydrogen-bond acceptors (Lipinski definition) is 3. The van der Waals surface area contributed by atoms with E-state index in [1.54, 1.807) is 4.90 Å². The van der Waals surface area contributed by atoms with Gasteiger partial charge in [0.05, 0.1) is 0 Å². The van der Waals surface area contributed by atoms with Crippen LogP contribution in [0.2, 0.25) is 0 Å². The third-order valence-corrected chi connectivity index (χ3v) is 4.30. The molecule has 0 bridgehead atoms. The molecule has 88 valence electrons. The van der Waals surface area contributed by atoms with Crippen LogP contribution < -0.4 is 0 Å². The lowest BCUT2D eigenvalue weighted by Crippen LogP contribution is -2.32. The Labute approximate surface area is 105 Å². The normalized spacial score (nSPS) is 30.9. The van der Waals surface area contributed by atoms with Gasteiger partial charge in [0, 0.05) is 13.0 Å². The Bertz CT molecular complexity index is 499. The average Bonchev–Trinajstić information content (AvgIpc) is 3.05. The van der Waals surface area contributed by atoms with E-state index in [9.17, 15) is 4.79 Å². The molecule has 1 aliphatic carbocycles. The van der Waals surface area contributed by atoms with Crippen LogP contribution in [0.1, 0.15) is 17.9 Å². The van der Waals surface area contributed by atoms with E-state index >= 15 is 0 Å². The predicted molar refractivity (Wildman–Crippen MR) is 70.3 cm³/mol. The van der Waals surface area contributed by atoms with Crippen molar-refractivity contribution in [3.05, 3.63) is 35.9 Å².